The zero-order valence-corrected chi connectivity index (χ0v) is 12.4. The van der Waals surface area contributed by atoms with Crippen molar-refractivity contribution in [3.8, 4) is 6.07 Å². The number of rotatable bonds is 3. The van der Waals surface area contributed by atoms with Gasteiger partial charge in [-0.25, -0.2) is 0 Å². The third-order valence-corrected chi connectivity index (χ3v) is 3.06. The molecule has 5 heteroatoms. The third-order valence-electron chi connectivity index (χ3n) is 3.06. The molecule has 0 bridgehead atoms. The van der Waals surface area contributed by atoms with Crippen LogP contribution in [-0.4, -0.2) is 22.6 Å². The molecule has 5 nitrogen and oxygen atoms in total. The van der Waals surface area contributed by atoms with Crippen molar-refractivity contribution in [2.24, 2.45) is 5.73 Å². The number of hydrogen-bond donors (Lipinski definition) is 2. The number of nitrogens with zero attached hydrogens (tertiary/aromatic N) is 1. The van der Waals surface area contributed by atoms with Gasteiger partial charge in [0, 0.05) is 23.5 Å². The number of aromatic nitrogens is 1. The molecule has 1 atom stereocenters. The Morgan fingerprint density at radius 3 is 2.81 bits per heavy atom. The van der Waals surface area contributed by atoms with Crippen LogP contribution in [-0.2, 0) is 16.0 Å². The molecule has 1 aromatic heterocycles. The Morgan fingerprint density at radius 1 is 1.48 bits per heavy atom. The van der Waals surface area contributed by atoms with E-state index in [0.29, 0.717) is 12.0 Å². The summed E-state index contributed by atoms with van der Waals surface area (Å²) < 4.78 is 5.28. The van der Waals surface area contributed by atoms with Crippen LogP contribution in [0.1, 0.15) is 31.9 Å². The van der Waals surface area contributed by atoms with Crippen molar-refractivity contribution in [2.75, 3.05) is 0 Å². The number of benzene rings is 1. The molecule has 21 heavy (non-hydrogen) atoms. The predicted molar refractivity (Wildman–Crippen MR) is 80.5 cm³/mol. The molecule has 2 rings (SSSR count). The highest BCUT2D eigenvalue weighted by atomic mass is 16.6. The van der Waals surface area contributed by atoms with Crippen molar-refractivity contribution in [3.63, 3.8) is 0 Å². The SMILES string of the molecule is CC(C)(C)OC(=O)[C@@H](N)Cc1c[nH]c2cccc(C#N)c12. The molecule has 0 aliphatic carbocycles. The van der Waals surface area contributed by atoms with Crippen molar-refractivity contribution in [3.05, 3.63) is 35.5 Å². The minimum atomic E-state index is -0.755. The molecule has 0 saturated carbocycles. The number of ether oxygens (including phenoxy) is 1. The number of nitriles is 1. The van der Waals surface area contributed by atoms with Crippen LogP contribution in [0.2, 0.25) is 0 Å². The predicted octanol–water partition coefficient (Wildman–Crippen LogP) is 2.25. The first-order chi connectivity index (χ1) is 9.81. The number of H-pyrrole nitrogens is 1. The minimum absolute atomic E-state index is 0.327. The number of nitrogens with two attached hydrogens (primary N) is 1. The maximum absolute atomic E-state index is 12.0. The fraction of sp³-hybridized carbons (Fsp3) is 0.375. The van der Waals surface area contributed by atoms with Gasteiger partial charge in [0.25, 0.3) is 0 Å². The van der Waals surface area contributed by atoms with Crippen LogP contribution >= 0.6 is 0 Å². The van der Waals surface area contributed by atoms with Gasteiger partial charge >= 0.3 is 5.97 Å². The van der Waals surface area contributed by atoms with Crippen LogP contribution in [0, 0.1) is 11.3 Å². The smallest absolute Gasteiger partial charge is 0.323 e. The van der Waals surface area contributed by atoms with Gasteiger partial charge in [-0.15, -0.1) is 0 Å². The molecule has 1 aromatic carbocycles. The van der Waals surface area contributed by atoms with Crippen LogP contribution in [0.4, 0.5) is 0 Å². The van der Waals surface area contributed by atoms with Gasteiger partial charge in [0.1, 0.15) is 11.6 Å². The Balaban J connectivity index is 2.24. The standard InChI is InChI=1S/C16H19N3O2/c1-16(2,3)21-15(20)12(18)7-11-9-19-13-6-4-5-10(8-17)14(11)13/h4-6,9,12,19H,7,18H2,1-3H3/t12-/m0/s1. The molecule has 0 amide bonds. The summed E-state index contributed by atoms with van der Waals surface area (Å²) in [4.78, 5) is 15.0. The first-order valence-corrected chi connectivity index (χ1v) is 6.79. The number of aromatic amines is 1. The lowest BCUT2D eigenvalue weighted by Gasteiger charge is -2.22. The van der Waals surface area contributed by atoms with Crippen molar-refractivity contribution in [1.82, 2.24) is 4.98 Å². The first kappa shape index (κ1) is 15.1. The topological polar surface area (TPSA) is 91.9 Å². The second kappa shape index (κ2) is 5.58. The highest BCUT2D eigenvalue weighted by molar-refractivity contribution is 5.89. The number of fused-ring (bicyclic) bond motifs is 1. The van der Waals surface area contributed by atoms with Crippen molar-refractivity contribution < 1.29 is 9.53 Å². The van der Waals surface area contributed by atoms with Crippen LogP contribution in [0.5, 0.6) is 0 Å². The van der Waals surface area contributed by atoms with Crippen LogP contribution in [0.25, 0.3) is 10.9 Å². The lowest BCUT2D eigenvalue weighted by atomic mass is 10.0. The Bertz CT molecular complexity index is 704. The average Bonchev–Trinajstić information content (AvgIpc) is 2.80. The summed E-state index contributed by atoms with van der Waals surface area (Å²) in [6, 6.07) is 6.86. The lowest BCUT2D eigenvalue weighted by molar-refractivity contribution is -0.156. The molecular weight excluding hydrogens is 266 g/mol. The molecule has 0 spiro atoms. The first-order valence-electron chi connectivity index (χ1n) is 6.79. The fourth-order valence-corrected chi connectivity index (χ4v) is 2.21. The molecule has 1 heterocycles. The van der Waals surface area contributed by atoms with Crippen LogP contribution < -0.4 is 5.73 Å². The number of carbonyl (C=O) groups is 1. The van der Waals surface area contributed by atoms with Gasteiger partial charge in [-0.3, -0.25) is 4.79 Å². The largest absolute Gasteiger partial charge is 0.459 e. The van der Waals surface area contributed by atoms with E-state index in [2.05, 4.69) is 11.1 Å². The summed E-state index contributed by atoms with van der Waals surface area (Å²) in [5.74, 6) is -0.439. The van der Waals surface area contributed by atoms with E-state index in [4.69, 9.17) is 10.5 Å². The summed E-state index contributed by atoms with van der Waals surface area (Å²) in [6.45, 7) is 5.41. The van der Waals surface area contributed by atoms with Crippen LogP contribution in [0.15, 0.2) is 24.4 Å². The number of hydrogen-bond acceptors (Lipinski definition) is 4. The van der Waals surface area contributed by atoms with E-state index >= 15 is 0 Å². The highest BCUT2D eigenvalue weighted by Gasteiger charge is 2.23. The molecule has 0 saturated heterocycles. The fourth-order valence-electron chi connectivity index (χ4n) is 2.21. The quantitative estimate of drug-likeness (QED) is 0.846. The van der Waals surface area contributed by atoms with Gasteiger partial charge in [0.15, 0.2) is 0 Å². The normalized spacial score (nSPS) is 12.9. The van der Waals surface area contributed by atoms with E-state index in [-0.39, 0.29) is 0 Å². The number of esters is 1. The summed E-state index contributed by atoms with van der Waals surface area (Å²) in [6.07, 6.45) is 2.11. The van der Waals surface area contributed by atoms with Crippen molar-refractivity contribution >= 4 is 16.9 Å². The maximum Gasteiger partial charge on any atom is 0.323 e. The van der Waals surface area contributed by atoms with E-state index in [1.165, 1.54) is 0 Å². The highest BCUT2D eigenvalue weighted by Crippen LogP contribution is 2.23. The Kier molecular flexibility index (Phi) is 4.01. The molecule has 110 valence electrons. The van der Waals surface area contributed by atoms with E-state index in [9.17, 15) is 10.1 Å². The van der Waals surface area contributed by atoms with E-state index in [1.807, 2.05) is 12.1 Å². The van der Waals surface area contributed by atoms with E-state index in [0.717, 1.165) is 16.5 Å². The van der Waals surface area contributed by atoms with Gasteiger partial charge in [-0.05, 0) is 38.5 Å². The molecule has 3 N–H and O–H groups in total. The molecule has 0 aliphatic rings. The van der Waals surface area contributed by atoms with Gasteiger partial charge in [0.2, 0.25) is 0 Å². The molecule has 0 aliphatic heterocycles. The molecule has 0 radical (unpaired) electrons. The van der Waals surface area contributed by atoms with Gasteiger partial charge in [0.05, 0.1) is 11.6 Å². The summed E-state index contributed by atoms with van der Waals surface area (Å²) in [7, 11) is 0. The number of carbonyl (C=O) groups excluding carboxylic acids is 1. The second-order valence-electron chi connectivity index (χ2n) is 6.00. The lowest BCUT2D eigenvalue weighted by Crippen LogP contribution is -2.38. The summed E-state index contributed by atoms with van der Waals surface area (Å²) >= 11 is 0. The molecule has 2 aromatic rings. The molecular formula is C16H19N3O2. The van der Waals surface area contributed by atoms with E-state index in [1.54, 1.807) is 33.0 Å². The third kappa shape index (κ3) is 3.41. The number of nitrogens with one attached hydrogen (secondary N) is 1. The van der Waals surface area contributed by atoms with Crippen molar-refractivity contribution in [1.29, 1.82) is 5.26 Å². The van der Waals surface area contributed by atoms with Gasteiger partial charge in [-0.2, -0.15) is 5.26 Å². The average molecular weight is 285 g/mol. The van der Waals surface area contributed by atoms with Gasteiger partial charge in [-0.1, -0.05) is 6.07 Å². The zero-order chi connectivity index (χ0) is 15.6. The zero-order valence-electron chi connectivity index (χ0n) is 12.4. The summed E-state index contributed by atoms with van der Waals surface area (Å²) in [5.41, 5.74) is 7.64. The Hall–Kier alpha value is -2.32. The summed E-state index contributed by atoms with van der Waals surface area (Å²) in [5, 5.41) is 10.0. The molecule has 0 unspecified atom stereocenters. The van der Waals surface area contributed by atoms with Crippen LogP contribution in [0.3, 0.4) is 0 Å². The molecule has 0 fully saturated rings. The van der Waals surface area contributed by atoms with Crippen molar-refractivity contribution in [2.45, 2.75) is 38.8 Å². The maximum atomic E-state index is 12.0. The minimum Gasteiger partial charge on any atom is -0.459 e. The monoisotopic (exact) mass is 285 g/mol. The Morgan fingerprint density at radius 2 is 2.19 bits per heavy atom. The van der Waals surface area contributed by atoms with Gasteiger partial charge < -0.3 is 15.5 Å². The second-order valence-corrected chi connectivity index (χ2v) is 6.00. The van der Waals surface area contributed by atoms with E-state index < -0.39 is 17.6 Å². The Labute approximate surface area is 123 Å².